The lowest BCUT2D eigenvalue weighted by molar-refractivity contribution is 0.0635. The first-order valence-electron chi connectivity index (χ1n) is 6.86. The van der Waals surface area contributed by atoms with E-state index in [9.17, 15) is 13.2 Å². The molecule has 1 aliphatic heterocycles. The van der Waals surface area contributed by atoms with Crippen LogP contribution >= 0.6 is 11.6 Å². The minimum atomic E-state index is -3.44. The number of rotatable bonds is 3. The van der Waals surface area contributed by atoms with Gasteiger partial charge in [-0.3, -0.25) is 9.52 Å². The van der Waals surface area contributed by atoms with Gasteiger partial charge in [-0.05, 0) is 44.4 Å². The first-order chi connectivity index (χ1) is 9.78. The number of benzene rings is 1. The van der Waals surface area contributed by atoms with Crippen molar-refractivity contribution in [2.45, 2.75) is 32.2 Å². The Kier molecular flexibility index (Phi) is 4.78. The molecule has 21 heavy (non-hydrogen) atoms. The number of nitrogens with zero attached hydrogens (tertiary/aromatic N) is 1. The molecule has 0 radical (unpaired) electrons. The SMILES string of the molecule is CC1CCCCN1C(=O)c1ccc(Cl)c(NS(C)(=O)=O)c1. The van der Waals surface area contributed by atoms with Crippen LogP contribution in [0.5, 0.6) is 0 Å². The molecule has 116 valence electrons. The number of nitrogens with one attached hydrogen (secondary N) is 1. The summed E-state index contributed by atoms with van der Waals surface area (Å²) in [5.41, 5.74) is 0.675. The molecule has 1 aromatic rings. The summed E-state index contributed by atoms with van der Waals surface area (Å²) in [5, 5.41) is 0.267. The summed E-state index contributed by atoms with van der Waals surface area (Å²) in [6.45, 7) is 2.76. The molecule has 0 aliphatic carbocycles. The van der Waals surface area contributed by atoms with Gasteiger partial charge in [0, 0.05) is 18.2 Å². The molecule has 0 spiro atoms. The molecule has 1 atom stereocenters. The van der Waals surface area contributed by atoms with Gasteiger partial charge < -0.3 is 4.90 Å². The molecule has 1 aromatic carbocycles. The van der Waals surface area contributed by atoms with E-state index in [0.717, 1.165) is 32.1 Å². The van der Waals surface area contributed by atoms with Crippen molar-refractivity contribution in [1.82, 2.24) is 4.90 Å². The second-order valence-corrected chi connectivity index (χ2v) is 7.57. The molecule has 2 rings (SSSR count). The first kappa shape index (κ1) is 16.1. The van der Waals surface area contributed by atoms with E-state index in [0.29, 0.717) is 5.56 Å². The smallest absolute Gasteiger partial charge is 0.254 e. The van der Waals surface area contributed by atoms with Crippen molar-refractivity contribution < 1.29 is 13.2 Å². The summed E-state index contributed by atoms with van der Waals surface area (Å²) in [4.78, 5) is 14.4. The quantitative estimate of drug-likeness (QED) is 0.926. The topological polar surface area (TPSA) is 66.5 Å². The summed E-state index contributed by atoms with van der Waals surface area (Å²) >= 11 is 5.97. The summed E-state index contributed by atoms with van der Waals surface area (Å²) in [5.74, 6) is -0.0876. The number of hydrogen-bond acceptors (Lipinski definition) is 3. The van der Waals surface area contributed by atoms with Crippen LogP contribution in [0.2, 0.25) is 5.02 Å². The maximum absolute atomic E-state index is 12.5. The third-order valence-corrected chi connectivity index (χ3v) is 4.49. The number of halogens is 1. The number of hydrogen-bond donors (Lipinski definition) is 1. The predicted octanol–water partition coefficient (Wildman–Crippen LogP) is 2.73. The Hall–Kier alpha value is -1.27. The standard InChI is InChI=1S/C14H19ClN2O3S/c1-10-5-3-4-8-17(10)14(18)11-6-7-12(15)13(9-11)16-21(2,19)20/h6-7,9-10,16H,3-5,8H2,1-2H3. The monoisotopic (exact) mass is 330 g/mol. The Bertz CT molecular complexity index is 646. The molecular weight excluding hydrogens is 312 g/mol. The van der Waals surface area contributed by atoms with E-state index in [1.54, 1.807) is 6.07 Å². The van der Waals surface area contributed by atoms with Crippen molar-refractivity contribution in [2.75, 3.05) is 17.5 Å². The van der Waals surface area contributed by atoms with Crippen molar-refractivity contribution in [3.05, 3.63) is 28.8 Å². The largest absolute Gasteiger partial charge is 0.336 e. The van der Waals surface area contributed by atoms with Gasteiger partial charge in [0.15, 0.2) is 0 Å². The highest BCUT2D eigenvalue weighted by molar-refractivity contribution is 7.92. The van der Waals surface area contributed by atoms with Crippen molar-refractivity contribution in [3.63, 3.8) is 0 Å². The van der Waals surface area contributed by atoms with E-state index < -0.39 is 10.0 Å². The van der Waals surface area contributed by atoms with Crippen LogP contribution in [0, 0.1) is 0 Å². The highest BCUT2D eigenvalue weighted by Crippen LogP contribution is 2.26. The van der Waals surface area contributed by atoms with Gasteiger partial charge in [-0.25, -0.2) is 8.42 Å². The van der Waals surface area contributed by atoms with Gasteiger partial charge in [-0.2, -0.15) is 0 Å². The van der Waals surface area contributed by atoms with Gasteiger partial charge in [0.2, 0.25) is 10.0 Å². The second-order valence-electron chi connectivity index (χ2n) is 5.41. The average Bonchev–Trinajstić information content (AvgIpc) is 2.39. The van der Waals surface area contributed by atoms with Gasteiger partial charge in [0.05, 0.1) is 17.0 Å². The minimum Gasteiger partial charge on any atom is -0.336 e. The zero-order chi connectivity index (χ0) is 15.6. The van der Waals surface area contributed by atoms with E-state index in [1.807, 2.05) is 11.8 Å². The van der Waals surface area contributed by atoms with Gasteiger partial charge >= 0.3 is 0 Å². The number of likely N-dealkylation sites (tertiary alicyclic amines) is 1. The first-order valence-corrected chi connectivity index (χ1v) is 9.13. The average molecular weight is 331 g/mol. The van der Waals surface area contributed by atoms with Crippen molar-refractivity contribution in [3.8, 4) is 0 Å². The Morgan fingerprint density at radius 1 is 1.38 bits per heavy atom. The van der Waals surface area contributed by atoms with Crippen LogP contribution in [-0.4, -0.2) is 38.1 Å². The summed E-state index contributed by atoms with van der Waals surface area (Å²) < 4.78 is 25.0. The molecule has 1 saturated heterocycles. The number of anilines is 1. The lowest BCUT2D eigenvalue weighted by Gasteiger charge is -2.33. The Balaban J connectivity index is 2.27. The number of carbonyl (C=O) groups excluding carboxylic acids is 1. The van der Waals surface area contributed by atoms with Crippen LogP contribution in [0.4, 0.5) is 5.69 Å². The van der Waals surface area contributed by atoms with Crippen molar-refractivity contribution in [1.29, 1.82) is 0 Å². The minimum absolute atomic E-state index is 0.0876. The molecule has 5 nitrogen and oxygen atoms in total. The van der Waals surface area contributed by atoms with Gasteiger partial charge in [-0.1, -0.05) is 11.6 Å². The van der Waals surface area contributed by atoms with Crippen LogP contribution < -0.4 is 4.72 Å². The van der Waals surface area contributed by atoms with Crippen LogP contribution in [0.25, 0.3) is 0 Å². The molecule has 1 aliphatic rings. The Morgan fingerprint density at radius 2 is 2.10 bits per heavy atom. The number of sulfonamides is 1. The molecule has 1 amide bonds. The van der Waals surface area contributed by atoms with Gasteiger partial charge in [0.25, 0.3) is 5.91 Å². The van der Waals surface area contributed by atoms with E-state index in [-0.39, 0.29) is 22.7 Å². The molecule has 1 N–H and O–H groups in total. The fraction of sp³-hybridized carbons (Fsp3) is 0.500. The van der Waals surface area contributed by atoms with Crippen molar-refractivity contribution in [2.24, 2.45) is 0 Å². The number of carbonyl (C=O) groups is 1. The molecule has 0 bridgehead atoms. The molecule has 7 heteroatoms. The highest BCUT2D eigenvalue weighted by atomic mass is 35.5. The maximum Gasteiger partial charge on any atom is 0.254 e. The Labute approximate surface area is 130 Å². The third-order valence-electron chi connectivity index (χ3n) is 3.57. The predicted molar refractivity (Wildman–Crippen MR) is 84.3 cm³/mol. The second kappa shape index (κ2) is 6.23. The number of amides is 1. The molecule has 1 fully saturated rings. The fourth-order valence-corrected chi connectivity index (χ4v) is 3.29. The van der Waals surface area contributed by atoms with Crippen LogP contribution in [-0.2, 0) is 10.0 Å². The molecule has 0 saturated carbocycles. The van der Waals surface area contributed by atoms with Crippen molar-refractivity contribution >= 4 is 33.2 Å². The lowest BCUT2D eigenvalue weighted by atomic mass is 10.0. The van der Waals surface area contributed by atoms with Crippen LogP contribution in [0.3, 0.4) is 0 Å². The van der Waals surface area contributed by atoms with Crippen LogP contribution in [0.1, 0.15) is 36.5 Å². The van der Waals surface area contributed by atoms with Gasteiger partial charge in [-0.15, -0.1) is 0 Å². The van der Waals surface area contributed by atoms with E-state index in [4.69, 9.17) is 11.6 Å². The lowest BCUT2D eigenvalue weighted by Crippen LogP contribution is -2.42. The van der Waals surface area contributed by atoms with E-state index >= 15 is 0 Å². The summed E-state index contributed by atoms with van der Waals surface area (Å²) in [7, 11) is -3.44. The van der Waals surface area contributed by atoms with E-state index in [1.165, 1.54) is 12.1 Å². The molecule has 0 aromatic heterocycles. The molecule has 1 unspecified atom stereocenters. The normalized spacial score (nSPS) is 19.4. The molecular formula is C14H19ClN2O3S. The van der Waals surface area contributed by atoms with Crippen LogP contribution in [0.15, 0.2) is 18.2 Å². The number of piperidine rings is 1. The summed E-state index contributed by atoms with van der Waals surface area (Å²) in [6, 6.07) is 4.86. The van der Waals surface area contributed by atoms with E-state index in [2.05, 4.69) is 4.72 Å². The van der Waals surface area contributed by atoms with Gasteiger partial charge in [0.1, 0.15) is 0 Å². The zero-order valence-electron chi connectivity index (χ0n) is 12.1. The Morgan fingerprint density at radius 3 is 2.71 bits per heavy atom. The zero-order valence-corrected chi connectivity index (χ0v) is 13.7. The molecule has 1 heterocycles. The maximum atomic E-state index is 12.5. The third kappa shape index (κ3) is 4.11. The summed E-state index contributed by atoms with van der Waals surface area (Å²) in [6.07, 6.45) is 4.17. The highest BCUT2D eigenvalue weighted by Gasteiger charge is 2.24. The fourth-order valence-electron chi connectivity index (χ4n) is 2.50.